The Morgan fingerprint density at radius 1 is 1.44 bits per heavy atom. The van der Waals surface area contributed by atoms with Gasteiger partial charge in [-0.1, -0.05) is 12.2 Å². The molecule has 0 aromatic carbocycles. The minimum Gasteiger partial charge on any atom is -0.393 e. The van der Waals surface area contributed by atoms with E-state index in [0.717, 1.165) is 0 Å². The highest BCUT2D eigenvalue weighted by molar-refractivity contribution is 4.85. The highest BCUT2D eigenvalue weighted by Crippen LogP contribution is 1.97. The first-order chi connectivity index (χ1) is 4.16. The van der Waals surface area contributed by atoms with Crippen molar-refractivity contribution in [1.29, 1.82) is 0 Å². The van der Waals surface area contributed by atoms with Crippen LogP contribution in [-0.2, 0) is 0 Å². The summed E-state index contributed by atoms with van der Waals surface area (Å²) in [6.45, 7) is 3.50. The third-order valence-electron chi connectivity index (χ3n) is 0.997. The van der Waals surface area contributed by atoms with Crippen molar-refractivity contribution in [2.75, 3.05) is 0 Å². The second kappa shape index (κ2) is 4.53. The molecule has 0 aromatic heterocycles. The highest BCUT2D eigenvalue weighted by atomic mass is 16.3. The number of aliphatic hydroxyl groups excluding tert-OH is 2. The summed E-state index contributed by atoms with van der Waals surface area (Å²) in [4.78, 5) is 0. The third kappa shape index (κ3) is 5.53. The van der Waals surface area contributed by atoms with Gasteiger partial charge in [0.05, 0.1) is 12.2 Å². The molecule has 2 N–H and O–H groups in total. The van der Waals surface area contributed by atoms with Crippen LogP contribution < -0.4 is 0 Å². The molecule has 0 radical (unpaired) electrons. The van der Waals surface area contributed by atoms with Gasteiger partial charge in [-0.15, -0.1) is 0 Å². The Kier molecular flexibility index (Phi) is 4.36. The summed E-state index contributed by atoms with van der Waals surface area (Å²) in [5.74, 6) is 0. The SMILES string of the molecule is C/C=C/[C@H](O)C[C@H](C)O. The van der Waals surface area contributed by atoms with Gasteiger partial charge in [0.15, 0.2) is 0 Å². The fourth-order valence-electron chi connectivity index (χ4n) is 0.650. The zero-order valence-corrected chi connectivity index (χ0v) is 5.91. The molecule has 0 fully saturated rings. The molecule has 0 aliphatic carbocycles. The van der Waals surface area contributed by atoms with Crippen LogP contribution in [0.15, 0.2) is 12.2 Å². The Labute approximate surface area is 55.8 Å². The Morgan fingerprint density at radius 2 is 2.00 bits per heavy atom. The minimum absolute atomic E-state index is 0.420. The Bertz CT molecular complexity index is 86.9. The largest absolute Gasteiger partial charge is 0.393 e. The van der Waals surface area contributed by atoms with Gasteiger partial charge in [0.2, 0.25) is 0 Å². The maximum absolute atomic E-state index is 8.97. The molecule has 54 valence electrons. The normalized spacial score (nSPS) is 18.2. The topological polar surface area (TPSA) is 40.5 Å². The van der Waals surface area contributed by atoms with Crippen molar-refractivity contribution in [2.24, 2.45) is 0 Å². The second-order valence-corrected chi connectivity index (χ2v) is 2.18. The molecule has 2 nitrogen and oxygen atoms in total. The lowest BCUT2D eigenvalue weighted by molar-refractivity contribution is 0.116. The number of hydrogen-bond donors (Lipinski definition) is 2. The monoisotopic (exact) mass is 130 g/mol. The van der Waals surface area contributed by atoms with Crippen molar-refractivity contribution in [3.05, 3.63) is 12.2 Å². The summed E-state index contributed by atoms with van der Waals surface area (Å²) in [6, 6.07) is 0. The maximum Gasteiger partial charge on any atom is 0.0745 e. The second-order valence-electron chi connectivity index (χ2n) is 2.18. The molecule has 2 atom stereocenters. The molecule has 0 aromatic rings. The van der Waals surface area contributed by atoms with Gasteiger partial charge in [-0.25, -0.2) is 0 Å². The molecule has 0 aliphatic rings. The van der Waals surface area contributed by atoms with Gasteiger partial charge in [0.25, 0.3) is 0 Å². The van der Waals surface area contributed by atoms with E-state index < -0.39 is 12.2 Å². The molecule has 2 heteroatoms. The zero-order valence-electron chi connectivity index (χ0n) is 5.91. The summed E-state index contributed by atoms with van der Waals surface area (Å²) in [5.41, 5.74) is 0. The van der Waals surface area contributed by atoms with E-state index in [-0.39, 0.29) is 0 Å². The van der Waals surface area contributed by atoms with Gasteiger partial charge in [-0.05, 0) is 13.8 Å². The van der Waals surface area contributed by atoms with Crippen molar-refractivity contribution in [1.82, 2.24) is 0 Å². The van der Waals surface area contributed by atoms with Crippen LogP contribution in [0.2, 0.25) is 0 Å². The molecule has 0 heterocycles. The van der Waals surface area contributed by atoms with Gasteiger partial charge in [-0.2, -0.15) is 0 Å². The summed E-state index contributed by atoms with van der Waals surface area (Å²) in [5, 5.41) is 17.7. The molecular formula is C7H14O2. The first-order valence-electron chi connectivity index (χ1n) is 3.15. The zero-order chi connectivity index (χ0) is 7.28. The van der Waals surface area contributed by atoms with E-state index in [2.05, 4.69) is 0 Å². The average molecular weight is 130 g/mol. The lowest BCUT2D eigenvalue weighted by Gasteiger charge is -2.06. The maximum atomic E-state index is 8.97. The summed E-state index contributed by atoms with van der Waals surface area (Å²) < 4.78 is 0. The lowest BCUT2D eigenvalue weighted by Crippen LogP contribution is -2.11. The minimum atomic E-state index is -0.491. The third-order valence-corrected chi connectivity index (χ3v) is 0.997. The van der Waals surface area contributed by atoms with Crippen LogP contribution in [0, 0.1) is 0 Å². The quantitative estimate of drug-likeness (QED) is 0.552. The first-order valence-corrected chi connectivity index (χ1v) is 3.15. The molecule has 0 spiro atoms. The van der Waals surface area contributed by atoms with E-state index in [0.29, 0.717) is 6.42 Å². The summed E-state index contributed by atoms with van der Waals surface area (Å²) in [6.07, 6.45) is 2.94. The molecule has 0 amide bonds. The van der Waals surface area contributed by atoms with E-state index in [9.17, 15) is 0 Å². The predicted molar refractivity (Wildman–Crippen MR) is 37.1 cm³/mol. The van der Waals surface area contributed by atoms with Crippen molar-refractivity contribution in [2.45, 2.75) is 32.5 Å². The van der Waals surface area contributed by atoms with Crippen LogP contribution in [0.5, 0.6) is 0 Å². The van der Waals surface area contributed by atoms with E-state index in [1.165, 1.54) is 0 Å². The van der Waals surface area contributed by atoms with Crippen LogP contribution in [0.3, 0.4) is 0 Å². The van der Waals surface area contributed by atoms with Crippen LogP contribution in [0.4, 0.5) is 0 Å². The first kappa shape index (κ1) is 8.66. The fraction of sp³-hybridized carbons (Fsp3) is 0.714. The van der Waals surface area contributed by atoms with E-state index >= 15 is 0 Å². The molecule has 0 bridgehead atoms. The predicted octanol–water partition coefficient (Wildman–Crippen LogP) is 0.694. The number of rotatable bonds is 3. The molecule has 0 unspecified atom stereocenters. The molecular weight excluding hydrogens is 116 g/mol. The van der Waals surface area contributed by atoms with E-state index in [1.807, 2.05) is 6.92 Å². The van der Waals surface area contributed by atoms with Crippen molar-refractivity contribution >= 4 is 0 Å². The van der Waals surface area contributed by atoms with Gasteiger partial charge < -0.3 is 10.2 Å². The van der Waals surface area contributed by atoms with Crippen molar-refractivity contribution in [3.63, 3.8) is 0 Å². The van der Waals surface area contributed by atoms with Crippen LogP contribution in [-0.4, -0.2) is 22.4 Å². The van der Waals surface area contributed by atoms with Crippen LogP contribution in [0.1, 0.15) is 20.3 Å². The highest BCUT2D eigenvalue weighted by Gasteiger charge is 2.01. The number of hydrogen-bond acceptors (Lipinski definition) is 2. The molecule has 9 heavy (non-hydrogen) atoms. The van der Waals surface area contributed by atoms with Gasteiger partial charge >= 0.3 is 0 Å². The van der Waals surface area contributed by atoms with Crippen molar-refractivity contribution in [3.8, 4) is 0 Å². The molecule has 0 saturated carbocycles. The fourth-order valence-corrected chi connectivity index (χ4v) is 0.650. The summed E-state index contributed by atoms with van der Waals surface area (Å²) in [7, 11) is 0. The standard InChI is InChI=1S/C7H14O2/c1-3-4-7(9)5-6(2)8/h3-4,6-9H,5H2,1-2H3/b4-3+/t6-,7-/m0/s1. The van der Waals surface area contributed by atoms with Gasteiger partial charge in [-0.3, -0.25) is 0 Å². The Hall–Kier alpha value is -0.340. The summed E-state index contributed by atoms with van der Waals surface area (Å²) >= 11 is 0. The Morgan fingerprint density at radius 3 is 2.33 bits per heavy atom. The Balaban J connectivity index is 3.38. The molecule has 0 saturated heterocycles. The number of aliphatic hydroxyl groups is 2. The van der Waals surface area contributed by atoms with Crippen LogP contribution in [0.25, 0.3) is 0 Å². The molecule has 0 rings (SSSR count). The molecule has 0 aliphatic heterocycles. The average Bonchev–Trinajstić information content (AvgIpc) is 1.63. The van der Waals surface area contributed by atoms with Crippen molar-refractivity contribution < 1.29 is 10.2 Å². The van der Waals surface area contributed by atoms with E-state index in [4.69, 9.17) is 10.2 Å². The van der Waals surface area contributed by atoms with Gasteiger partial charge in [0, 0.05) is 6.42 Å². The number of allylic oxidation sites excluding steroid dienone is 1. The van der Waals surface area contributed by atoms with E-state index in [1.54, 1.807) is 19.1 Å². The smallest absolute Gasteiger partial charge is 0.0745 e. The van der Waals surface area contributed by atoms with Crippen LogP contribution >= 0.6 is 0 Å². The lowest BCUT2D eigenvalue weighted by atomic mass is 10.2. The van der Waals surface area contributed by atoms with Gasteiger partial charge in [0.1, 0.15) is 0 Å².